The van der Waals surface area contributed by atoms with Crippen molar-refractivity contribution >= 4 is 17.5 Å². The number of hydrogen-bond acceptors (Lipinski definition) is 3. The summed E-state index contributed by atoms with van der Waals surface area (Å²) in [5, 5.41) is 7.92. The molecular formula is C20H20ClN3O2. The summed E-state index contributed by atoms with van der Waals surface area (Å²) in [5.41, 5.74) is 1.19. The molecular weight excluding hydrogens is 350 g/mol. The lowest BCUT2D eigenvalue weighted by molar-refractivity contribution is -0.122. The van der Waals surface area contributed by atoms with Crippen molar-refractivity contribution in [3.8, 4) is 11.3 Å². The molecule has 26 heavy (non-hydrogen) atoms. The van der Waals surface area contributed by atoms with Gasteiger partial charge in [0.25, 0.3) is 5.56 Å². The van der Waals surface area contributed by atoms with Gasteiger partial charge in [0, 0.05) is 23.2 Å². The molecule has 1 amide bonds. The van der Waals surface area contributed by atoms with Crippen molar-refractivity contribution in [2.45, 2.75) is 19.4 Å². The molecule has 5 nitrogen and oxygen atoms in total. The van der Waals surface area contributed by atoms with Gasteiger partial charge in [-0.1, -0.05) is 35.9 Å². The third-order valence-corrected chi connectivity index (χ3v) is 5.53. The molecule has 4 rings (SSSR count). The van der Waals surface area contributed by atoms with Crippen molar-refractivity contribution in [3.05, 3.63) is 63.9 Å². The molecule has 0 saturated heterocycles. The minimum Gasteiger partial charge on any atom is -0.354 e. The Morgan fingerprint density at radius 2 is 1.96 bits per heavy atom. The zero-order chi connectivity index (χ0) is 18.1. The molecule has 1 fully saturated rings. The third-order valence-electron chi connectivity index (χ3n) is 5.28. The Bertz CT molecular complexity index is 904. The fourth-order valence-corrected chi connectivity index (χ4v) is 4.03. The highest BCUT2D eigenvalue weighted by Gasteiger charge is 2.35. The number of carbonyl (C=O) groups excluding carboxylic acids is 1. The summed E-state index contributed by atoms with van der Waals surface area (Å²) in [6.45, 7) is 0.590. The first-order chi connectivity index (χ1) is 12.6. The van der Waals surface area contributed by atoms with E-state index >= 15 is 0 Å². The molecule has 1 aromatic carbocycles. The number of nitrogens with zero attached hydrogens (tertiary/aromatic N) is 2. The second kappa shape index (κ2) is 7.08. The van der Waals surface area contributed by atoms with Crippen LogP contribution in [0.3, 0.4) is 0 Å². The molecule has 1 heterocycles. The van der Waals surface area contributed by atoms with Crippen LogP contribution < -0.4 is 10.9 Å². The Hall–Kier alpha value is -2.40. The molecule has 1 aromatic heterocycles. The predicted molar refractivity (Wildman–Crippen MR) is 101 cm³/mol. The van der Waals surface area contributed by atoms with Gasteiger partial charge in [-0.25, -0.2) is 4.68 Å². The average Bonchev–Trinajstić information content (AvgIpc) is 3.26. The first kappa shape index (κ1) is 17.0. The number of carbonyl (C=O) groups is 1. The molecule has 2 aliphatic rings. The number of hydrogen-bond donors (Lipinski definition) is 1. The minimum absolute atomic E-state index is 0.0725. The largest absolute Gasteiger partial charge is 0.354 e. The molecule has 1 saturated carbocycles. The van der Waals surface area contributed by atoms with E-state index in [2.05, 4.69) is 22.6 Å². The smallest absolute Gasteiger partial charge is 0.267 e. The van der Waals surface area contributed by atoms with E-state index in [0.29, 0.717) is 35.0 Å². The fourth-order valence-electron chi connectivity index (χ4n) is 3.90. The van der Waals surface area contributed by atoms with Crippen molar-refractivity contribution < 1.29 is 4.79 Å². The predicted octanol–water partition coefficient (Wildman–Crippen LogP) is 2.89. The maximum atomic E-state index is 12.3. The highest BCUT2D eigenvalue weighted by molar-refractivity contribution is 6.30. The molecule has 0 radical (unpaired) electrons. The van der Waals surface area contributed by atoms with Crippen LogP contribution in [0.5, 0.6) is 0 Å². The summed E-state index contributed by atoms with van der Waals surface area (Å²) in [5.74, 6) is 1.61. The van der Waals surface area contributed by atoms with Crippen molar-refractivity contribution in [1.29, 1.82) is 0 Å². The zero-order valence-corrected chi connectivity index (χ0v) is 15.0. The fraction of sp³-hybridized carbons (Fsp3) is 0.350. The van der Waals surface area contributed by atoms with E-state index in [1.807, 2.05) is 12.1 Å². The van der Waals surface area contributed by atoms with Crippen LogP contribution in [0.4, 0.5) is 0 Å². The summed E-state index contributed by atoms with van der Waals surface area (Å²) in [4.78, 5) is 24.3. The molecule has 2 aliphatic carbocycles. The lowest BCUT2D eigenvalue weighted by Crippen LogP contribution is -2.36. The number of amides is 1. The molecule has 2 aromatic rings. The first-order valence-electron chi connectivity index (χ1n) is 8.87. The van der Waals surface area contributed by atoms with Gasteiger partial charge in [0.2, 0.25) is 5.91 Å². The number of benzene rings is 1. The van der Waals surface area contributed by atoms with Gasteiger partial charge in [-0.2, -0.15) is 5.10 Å². The molecule has 134 valence electrons. The van der Waals surface area contributed by atoms with Crippen LogP contribution in [-0.2, 0) is 11.3 Å². The molecule has 2 bridgehead atoms. The second-order valence-electron chi connectivity index (χ2n) is 7.07. The van der Waals surface area contributed by atoms with Gasteiger partial charge in [-0.05, 0) is 48.8 Å². The highest BCUT2D eigenvalue weighted by Crippen LogP contribution is 2.42. The Balaban J connectivity index is 1.41. The summed E-state index contributed by atoms with van der Waals surface area (Å²) in [6.07, 6.45) is 6.91. The summed E-state index contributed by atoms with van der Waals surface area (Å²) < 4.78 is 1.21. The van der Waals surface area contributed by atoms with E-state index in [4.69, 9.17) is 11.6 Å². The van der Waals surface area contributed by atoms with Crippen LogP contribution in [0.1, 0.15) is 12.8 Å². The van der Waals surface area contributed by atoms with Crippen molar-refractivity contribution in [3.63, 3.8) is 0 Å². The Labute approximate surface area is 156 Å². The minimum atomic E-state index is -0.291. The van der Waals surface area contributed by atoms with Crippen molar-refractivity contribution in [2.75, 3.05) is 6.54 Å². The van der Waals surface area contributed by atoms with E-state index in [1.54, 1.807) is 18.2 Å². The quantitative estimate of drug-likeness (QED) is 0.824. The van der Waals surface area contributed by atoms with E-state index in [-0.39, 0.29) is 18.0 Å². The molecule has 1 N–H and O–H groups in total. The Morgan fingerprint density at radius 3 is 2.65 bits per heavy atom. The van der Waals surface area contributed by atoms with Gasteiger partial charge in [0.1, 0.15) is 6.54 Å². The van der Waals surface area contributed by atoms with E-state index in [0.717, 1.165) is 12.0 Å². The Kier molecular flexibility index (Phi) is 4.64. The maximum Gasteiger partial charge on any atom is 0.267 e. The SMILES string of the molecule is O=C(Cn1nc(-c2ccc(Cl)cc2)ccc1=O)NC[C@@H]1C[C@H]2C=C[C@H]1C2. The zero-order valence-electron chi connectivity index (χ0n) is 14.3. The van der Waals surface area contributed by atoms with Crippen LogP contribution in [0.15, 0.2) is 53.3 Å². The normalized spacial score (nSPS) is 23.3. The highest BCUT2D eigenvalue weighted by atomic mass is 35.5. The number of nitrogens with one attached hydrogen (secondary N) is 1. The molecule has 3 atom stereocenters. The number of halogens is 1. The van der Waals surface area contributed by atoms with Crippen LogP contribution in [0.2, 0.25) is 5.02 Å². The maximum absolute atomic E-state index is 12.3. The standard InChI is InChI=1S/C20H20ClN3O2/c21-17-5-3-14(4-6-17)18-7-8-20(26)24(23-18)12-19(25)22-11-16-10-13-1-2-15(16)9-13/h1-8,13,15-16H,9-12H2,(H,22,25)/t13-,15-,16-/m0/s1. The van der Waals surface area contributed by atoms with E-state index in [1.165, 1.54) is 17.2 Å². The van der Waals surface area contributed by atoms with Gasteiger partial charge < -0.3 is 5.32 Å². The molecule has 0 unspecified atom stereocenters. The summed E-state index contributed by atoms with van der Waals surface area (Å²) in [6, 6.07) is 10.3. The van der Waals surface area contributed by atoms with Crippen molar-refractivity contribution in [1.82, 2.24) is 15.1 Å². The lowest BCUT2D eigenvalue weighted by Gasteiger charge is -2.18. The van der Waals surface area contributed by atoms with Gasteiger partial charge in [0.05, 0.1) is 5.69 Å². The molecule has 0 aliphatic heterocycles. The third kappa shape index (κ3) is 3.58. The van der Waals surface area contributed by atoms with Crippen LogP contribution in [-0.4, -0.2) is 22.2 Å². The second-order valence-corrected chi connectivity index (χ2v) is 7.50. The van der Waals surface area contributed by atoms with E-state index < -0.39 is 0 Å². The number of rotatable bonds is 5. The van der Waals surface area contributed by atoms with Gasteiger partial charge in [-0.15, -0.1) is 0 Å². The van der Waals surface area contributed by atoms with E-state index in [9.17, 15) is 9.59 Å². The first-order valence-corrected chi connectivity index (χ1v) is 9.25. The number of allylic oxidation sites excluding steroid dienone is 2. The lowest BCUT2D eigenvalue weighted by atomic mass is 9.94. The van der Waals surface area contributed by atoms with Gasteiger partial charge in [0.15, 0.2) is 0 Å². The Morgan fingerprint density at radius 1 is 1.15 bits per heavy atom. The number of fused-ring (bicyclic) bond motifs is 2. The van der Waals surface area contributed by atoms with Gasteiger partial charge in [-0.3, -0.25) is 9.59 Å². The summed E-state index contributed by atoms with van der Waals surface area (Å²) in [7, 11) is 0. The van der Waals surface area contributed by atoms with Crippen LogP contribution in [0, 0.1) is 17.8 Å². The number of aromatic nitrogens is 2. The topological polar surface area (TPSA) is 64.0 Å². The molecule has 0 spiro atoms. The van der Waals surface area contributed by atoms with Crippen molar-refractivity contribution in [2.24, 2.45) is 17.8 Å². The van der Waals surface area contributed by atoms with Crippen LogP contribution in [0.25, 0.3) is 11.3 Å². The van der Waals surface area contributed by atoms with Crippen LogP contribution >= 0.6 is 11.6 Å². The average molecular weight is 370 g/mol. The molecule has 6 heteroatoms. The van der Waals surface area contributed by atoms with Gasteiger partial charge >= 0.3 is 0 Å². The monoisotopic (exact) mass is 369 g/mol. The summed E-state index contributed by atoms with van der Waals surface area (Å²) >= 11 is 5.90.